The first-order valence-corrected chi connectivity index (χ1v) is 8.33. The van der Waals surface area contributed by atoms with E-state index < -0.39 is 5.97 Å². The topological polar surface area (TPSA) is 69.6 Å². The van der Waals surface area contributed by atoms with Gasteiger partial charge in [-0.15, -0.1) is 0 Å². The predicted octanol–water partition coefficient (Wildman–Crippen LogP) is 3.55. The summed E-state index contributed by atoms with van der Waals surface area (Å²) < 4.78 is 0. The van der Waals surface area contributed by atoms with Crippen molar-refractivity contribution in [2.45, 2.75) is 38.3 Å². The lowest BCUT2D eigenvalue weighted by molar-refractivity contribution is -0.136. The molecule has 0 saturated heterocycles. The van der Waals surface area contributed by atoms with Crippen LogP contribution in [0.2, 0.25) is 0 Å². The van der Waals surface area contributed by atoms with E-state index in [9.17, 15) is 9.59 Å². The maximum Gasteiger partial charge on any atom is 0.318 e. The van der Waals surface area contributed by atoms with Crippen molar-refractivity contribution in [3.63, 3.8) is 0 Å². The zero-order valence-corrected chi connectivity index (χ0v) is 13.7. The Balaban J connectivity index is 1.76. The van der Waals surface area contributed by atoms with Crippen LogP contribution in [0.5, 0.6) is 0 Å². The fourth-order valence-corrected chi connectivity index (χ4v) is 3.01. The number of amides is 2. The van der Waals surface area contributed by atoms with E-state index in [1.54, 1.807) is 0 Å². The number of aliphatic carboxylic acids is 1. The van der Waals surface area contributed by atoms with Gasteiger partial charge in [-0.3, -0.25) is 4.79 Å². The van der Waals surface area contributed by atoms with E-state index in [2.05, 4.69) is 35.6 Å². The van der Waals surface area contributed by atoms with Crippen molar-refractivity contribution in [1.29, 1.82) is 0 Å². The van der Waals surface area contributed by atoms with E-state index in [4.69, 9.17) is 5.11 Å². The van der Waals surface area contributed by atoms with Gasteiger partial charge in [0.05, 0.1) is 12.5 Å². The van der Waals surface area contributed by atoms with Gasteiger partial charge in [0, 0.05) is 12.6 Å². The van der Waals surface area contributed by atoms with E-state index in [0.717, 1.165) is 23.8 Å². The molecule has 1 aliphatic carbocycles. The van der Waals surface area contributed by atoms with Crippen molar-refractivity contribution in [2.75, 3.05) is 6.54 Å². The Kier molecular flexibility index (Phi) is 4.69. The number of nitrogens with zero attached hydrogens (tertiary/aromatic N) is 1. The number of carboxylic acid groups (broad SMARTS) is 1. The second-order valence-electron chi connectivity index (χ2n) is 6.30. The van der Waals surface area contributed by atoms with Crippen LogP contribution in [0, 0.1) is 0 Å². The Bertz CT molecular complexity index is 755. The van der Waals surface area contributed by atoms with Gasteiger partial charge in [-0.25, -0.2) is 4.79 Å². The molecule has 1 unspecified atom stereocenters. The summed E-state index contributed by atoms with van der Waals surface area (Å²) in [5.74, 6) is -0.907. The number of hydrogen-bond acceptors (Lipinski definition) is 2. The second-order valence-corrected chi connectivity index (χ2v) is 6.30. The first-order valence-electron chi connectivity index (χ1n) is 8.33. The van der Waals surface area contributed by atoms with Crippen molar-refractivity contribution >= 4 is 22.8 Å². The van der Waals surface area contributed by atoms with Gasteiger partial charge in [0.1, 0.15) is 0 Å². The SMILES string of the molecule is CC(c1ccc2ccccc2c1)N(C(=O)NCCC(=O)O)C1CC1. The standard InChI is InChI=1S/C19H22N2O3/c1-13(15-7-6-14-4-2-3-5-16(14)12-15)21(17-8-9-17)19(24)20-11-10-18(22)23/h2-7,12-13,17H,8-11H2,1H3,(H,20,24)(H,22,23). The van der Waals surface area contributed by atoms with Crippen molar-refractivity contribution in [3.05, 3.63) is 48.0 Å². The lowest BCUT2D eigenvalue weighted by Crippen LogP contribution is -2.43. The van der Waals surface area contributed by atoms with Gasteiger partial charge < -0.3 is 15.3 Å². The zero-order valence-electron chi connectivity index (χ0n) is 13.7. The molecule has 1 aliphatic rings. The van der Waals surface area contributed by atoms with Crippen LogP contribution in [0.15, 0.2) is 42.5 Å². The van der Waals surface area contributed by atoms with Crippen LogP contribution in [0.4, 0.5) is 4.79 Å². The van der Waals surface area contributed by atoms with E-state index >= 15 is 0 Å². The Morgan fingerprint density at radius 3 is 2.58 bits per heavy atom. The summed E-state index contributed by atoms with van der Waals surface area (Å²) in [6.45, 7) is 2.18. The highest BCUT2D eigenvalue weighted by molar-refractivity contribution is 5.83. The minimum atomic E-state index is -0.907. The molecule has 2 amide bonds. The van der Waals surface area contributed by atoms with Gasteiger partial charge in [-0.2, -0.15) is 0 Å². The molecule has 126 valence electrons. The van der Waals surface area contributed by atoms with Gasteiger partial charge in [-0.1, -0.05) is 36.4 Å². The minimum absolute atomic E-state index is 0.0491. The Morgan fingerprint density at radius 1 is 1.21 bits per heavy atom. The van der Waals surface area contributed by atoms with Crippen LogP contribution in [0.1, 0.15) is 37.8 Å². The molecule has 0 aliphatic heterocycles. The number of benzene rings is 2. The molecule has 1 saturated carbocycles. The van der Waals surface area contributed by atoms with Crippen LogP contribution in [-0.2, 0) is 4.79 Å². The summed E-state index contributed by atoms with van der Waals surface area (Å²) >= 11 is 0. The Hall–Kier alpha value is -2.56. The molecule has 3 rings (SSSR count). The summed E-state index contributed by atoms with van der Waals surface area (Å²) in [5.41, 5.74) is 1.09. The maximum atomic E-state index is 12.5. The first kappa shape index (κ1) is 16.3. The molecule has 24 heavy (non-hydrogen) atoms. The smallest absolute Gasteiger partial charge is 0.318 e. The second kappa shape index (κ2) is 6.91. The molecular formula is C19H22N2O3. The minimum Gasteiger partial charge on any atom is -0.481 e. The molecular weight excluding hydrogens is 304 g/mol. The molecule has 0 heterocycles. The third-order valence-corrected chi connectivity index (χ3v) is 4.46. The Morgan fingerprint density at radius 2 is 1.92 bits per heavy atom. The number of urea groups is 1. The van der Waals surface area contributed by atoms with Crippen LogP contribution in [-0.4, -0.2) is 34.6 Å². The van der Waals surface area contributed by atoms with E-state index in [1.165, 1.54) is 5.39 Å². The number of hydrogen-bond donors (Lipinski definition) is 2. The summed E-state index contributed by atoms with van der Waals surface area (Å²) in [7, 11) is 0. The molecule has 0 aromatic heterocycles. The quantitative estimate of drug-likeness (QED) is 0.853. The normalized spacial score (nSPS) is 15.0. The molecule has 2 N–H and O–H groups in total. The highest BCUT2D eigenvalue weighted by Crippen LogP contribution is 2.35. The van der Waals surface area contributed by atoms with Crippen LogP contribution < -0.4 is 5.32 Å². The summed E-state index contributed by atoms with van der Waals surface area (Å²) in [6, 6.07) is 14.4. The van der Waals surface area contributed by atoms with E-state index in [1.807, 2.05) is 24.0 Å². The third-order valence-electron chi connectivity index (χ3n) is 4.46. The average molecular weight is 326 g/mol. The van der Waals surface area contributed by atoms with Gasteiger partial charge in [0.25, 0.3) is 0 Å². The summed E-state index contributed by atoms with van der Waals surface area (Å²) in [6.07, 6.45) is 1.95. The third kappa shape index (κ3) is 3.67. The van der Waals surface area contributed by atoms with Crippen LogP contribution in [0.25, 0.3) is 10.8 Å². The molecule has 5 nitrogen and oxygen atoms in total. The fourth-order valence-electron chi connectivity index (χ4n) is 3.01. The van der Waals surface area contributed by atoms with Gasteiger partial charge in [-0.05, 0) is 42.2 Å². The van der Waals surface area contributed by atoms with Crippen molar-refractivity contribution in [1.82, 2.24) is 10.2 Å². The van der Waals surface area contributed by atoms with E-state index in [-0.39, 0.29) is 31.1 Å². The molecule has 0 radical (unpaired) electrons. The molecule has 0 spiro atoms. The molecule has 5 heteroatoms. The Labute approximate surface area is 141 Å². The summed E-state index contributed by atoms with van der Waals surface area (Å²) in [5, 5.41) is 13.8. The van der Waals surface area contributed by atoms with E-state index in [0.29, 0.717) is 0 Å². The number of rotatable bonds is 6. The lowest BCUT2D eigenvalue weighted by atomic mass is 10.0. The fraction of sp³-hybridized carbons (Fsp3) is 0.368. The van der Waals surface area contributed by atoms with Crippen molar-refractivity contribution < 1.29 is 14.7 Å². The largest absolute Gasteiger partial charge is 0.481 e. The predicted molar refractivity (Wildman–Crippen MR) is 92.9 cm³/mol. The van der Waals surface area contributed by atoms with Crippen molar-refractivity contribution in [3.8, 4) is 0 Å². The van der Waals surface area contributed by atoms with Gasteiger partial charge in [0.15, 0.2) is 0 Å². The first-order chi connectivity index (χ1) is 11.6. The lowest BCUT2D eigenvalue weighted by Gasteiger charge is -2.30. The van der Waals surface area contributed by atoms with Gasteiger partial charge >= 0.3 is 12.0 Å². The molecule has 2 aromatic rings. The number of carbonyl (C=O) groups is 2. The molecule has 2 aromatic carbocycles. The van der Waals surface area contributed by atoms with Crippen LogP contribution >= 0.6 is 0 Å². The van der Waals surface area contributed by atoms with Crippen LogP contribution in [0.3, 0.4) is 0 Å². The molecule has 0 bridgehead atoms. The zero-order chi connectivity index (χ0) is 17.1. The highest BCUT2D eigenvalue weighted by Gasteiger charge is 2.36. The summed E-state index contributed by atoms with van der Waals surface area (Å²) in [4.78, 5) is 25.0. The maximum absolute atomic E-state index is 12.5. The highest BCUT2D eigenvalue weighted by atomic mass is 16.4. The van der Waals surface area contributed by atoms with Gasteiger partial charge in [0.2, 0.25) is 0 Å². The van der Waals surface area contributed by atoms with Crippen molar-refractivity contribution in [2.24, 2.45) is 0 Å². The molecule has 1 fully saturated rings. The number of carboxylic acids is 1. The number of fused-ring (bicyclic) bond motifs is 1. The molecule has 1 atom stereocenters. The average Bonchev–Trinajstić information content (AvgIpc) is 3.39. The monoisotopic (exact) mass is 326 g/mol. The number of nitrogens with one attached hydrogen (secondary N) is 1. The number of carbonyl (C=O) groups excluding carboxylic acids is 1.